The number of hydrazine groups is 1. The first kappa shape index (κ1) is 13.2. The average molecular weight is 266 g/mol. The molecule has 0 aliphatic rings. The fraction of sp³-hybridized carbons (Fsp3) is 0.500. The van der Waals surface area contributed by atoms with Crippen molar-refractivity contribution >= 4 is 27.4 Å². The molecule has 0 unspecified atom stereocenters. The number of thiophene rings is 1. The number of aromatic nitrogens is 2. The number of rotatable bonds is 3. The summed E-state index contributed by atoms with van der Waals surface area (Å²) in [5.74, 6) is 6.86. The zero-order chi connectivity index (χ0) is 13.5. The Bertz CT molecular complexity index is 591. The van der Waals surface area contributed by atoms with Crippen LogP contribution in [0.5, 0.6) is 0 Å². The summed E-state index contributed by atoms with van der Waals surface area (Å²) < 4.78 is 5.42. The van der Waals surface area contributed by atoms with Gasteiger partial charge in [0.25, 0.3) is 0 Å². The molecule has 0 atom stereocenters. The van der Waals surface area contributed by atoms with Crippen LogP contribution in [0.3, 0.4) is 0 Å². The molecule has 0 fully saturated rings. The Labute approximate surface area is 110 Å². The van der Waals surface area contributed by atoms with Gasteiger partial charge in [0, 0.05) is 12.0 Å². The third-order valence-electron chi connectivity index (χ3n) is 3.21. The van der Waals surface area contributed by atoms with Crippen LogP contribution in [0, 0.1) is 13.8 Å². The first-order chi connectivity index (χ1) is 8.40. The molecule has 2 heterocycles. The van der Waals surface area contributed by atoms with Crippen LogP contribution < -0.4 is 11.3 Å². The van der Waals surface area contributed by atoms with Crippen molar-refractivity contribution in [1.82, 2.24) is 9.97 Å². The minimum atomic E-state index is -0.536. The Hall–Kier alpha value is -1.24. The molecule has 0 amide bonds. The topological polar surface area (TPSA) is 73.1 Å². The zero-order valence-electron chi connectivity index (χ0n) is 11.3. The number of nitrogens with two attached hydrogens (primary N) is 1. The van der Waals surface area contributed by atoms with Crippen LogP contribution >= 0.6 is 11.3 Å². The number of nitrogens with zero attached hydrogens (tertiary/aromatic N) is 2. The fourth-order valence-corrected chi connectivity index (χ4v) is 2.74. The smallest absolute Gasteiger partial charge is 0.163 e. The molecule has 0 spiro atoms. The molecular weight excluding hydrogens is 248 g/mol. The summed E-state index contributed by atoms with van der Waals surface area (Å²) in [4.78, 5) is 11.2. The lowest BCUT2D eigenvalue weighted by atomic mass is 10.1. The van der Waals surface area contributed by atoms with Gasteiger partial charge in [0.05, 0.1) is 5.39 Å². The second-order valence-corrected chi connectivity index (χ2v) is 5.92. The van der Waals surface area contributed by atoms with E-state index < -0.39 is 5.60 Å². The lowest BCUT2D eigenvalue weighted by molar-refractivity contribution is 0.0119. The average Bonchev–Trinajstić information content (AvgIpc) is 2.64. The van der Waals surface area contributed by atoms with Crippen molar-refractivity contribution in [3.63, 3.8) is 0 Å². The first-order valence-corrected chi connectivity index (χ1v) is 6.52. The van der Waals surface area contributed by atoms with E-state index in [4.69, 9.17) is 10.6 Å². The van der Waals surface area contributed by atoms with E-state index >= 15 is 0 Å². The van der Waals surface area contributed by atoms with Gasteiger partial charge < -0.3 is 10.2 Å². The molecular formula is C12H18N4OS. The van der Waals surface area contributed by atoms with Gasteiger partial charge in [-0.25, -0.2) is 15.8 Å². The Balaban J connectivity index is 2.75. The highest BCUT2D eigenvalue weighted by Gasteiger charge is 2.26. The van der Waals surface area contributed by atoms with Crippen LogP contribution in [0.15, 0.2) is 0 Å². The molecule has 98 valence electrons. The van der Waals surface area contributed by atoms with Gasteiger partial charge in [-0.05, 0) is 33.3 Å². The monoisotopic (exact) mass is 266 g/mol. The van der Waals surface area contributed by atoms with Gasteiger partial charge in [0.15, 0.2) is 11.6 Å². The first-order valence-electron chi connectivity index (χ1n) is 5.70. The summed E-state index contributed by atoms with van der Waals surface area (Å²) >= 11 is 1.65. The number of hydrogen-bond donors (Lipinski definition) is 2. The largest absolute Gasteiger partial charge is 0.371 e. The molecule has 6 heteroatoms. The van der Waals surface area contributed by atoms with E-state index in [0.717, 1.165) is 10.2 Å². The van der Waals surface area contributed by atoms with Crippen molar-refractivity contribution in [1.29, 1.82) is 0 Å². The lowest BCUT2D eigenvalue weighted by Gasteiger charge is -2.21. The van der Waals surface area contributed by atoms with Gasteiger partial charge in [-0.1, -0.05) is 0 Å². The third kappa shape index (κ3) is 1.96. The molecule has 18 heavy (non-hydrogen) atoms. The Morgan fingerprint density at radius 3 is 2.50 bits per heavy atom. The van der Waals surface area contributed by atoms with Gasteiger partial charge in [0.2, 0.25) is 0 Å². The number of aryl methyl sites for hydroxylation is 2. The van der Waals surface area contributed by atoms with E-state index in [1.807, 2.05) is 13.8 Å². The minimum absolute atomic E-state index is 0.536. The summed E-state index contributed by atoms with van der Waals surface area (Å²) in [6.07, 6.45) is 0. The van der Waals surface area contributed by atoms with Gasteiger partial charge >= 0.3 is 0 Å². The molecule has 0 radical (unpaired) electrons. The Morgan fingerprint density at radius 2 is 1.94 bits per heavy atom. The molecule has 2 aromatic heterocycles. The predicted molar refractivity (Wildman–Crippen MR) is 74.7 cm³/mol. The number of nitrogen functional groups attached to an aromatic ring is 1. The van der Waals surface area contributed by atoms with Crippen molar-refractivity contribution < 1.29 is 4.74 Å². The molecule has 0 saturated carbocycles. The van der Waals surface area contributed by atoms with E-state index in [1.54, 1.807) is 18.4 Å². The fourth-order valence-electron chi connectivity index (χ4n) is 1.71. The molecule has 0 aliphatic carbocycles. The number of hydrogen-bond acceptors (Lipinski definition) is 6. The molecule has 2 rings (SSSR count). The summed E-state index contributed by atoms with van der Waals surface area (Å²) in [7, 11) is 1.65. The molecule has 0 bridgehead atoms. The molecule has 0 aliphatic heterocycles. The minimum Gasteiger partial charge on any atom is -0.371 e. The maximum atomic E-state index is 5.57. The van der Waals surface area contributed by atoms with Crippen LogP contribution in [-0.4, -0.2) is 17.1 Å². The van der Waals surface area contributed by atoms with E-state index in [2.05, 4.69) is 29.2 Å². The maximum Gasteiger partial charge on any atom is 0.163 e. The van der Waals surface area contributed by atoms with Gasteiger partial charge in [-0.2, -0.15) is 0 Å². The van der Waals surface area contributed by atoms with Crippen LogP contribution in [0.4, 0.5) is 5.82 Å². The zero-order valence-corrected chi connectivity index (χ0v) is 12.1. The number of fused-ring (bicyclic) bond motifs is 1. The van der Waals surface area contributed by atoms with Gasteiger partial charge in [0.1, 0.15) is 10.4 Å². The Kier molecular flexibility index (Phi) is 3.27. The van der Waals surface area contributed by atoms with Crippen LogP contribution in [0.2, 0.25) is 0 Å². The summed E-state index contributed by atoms with van der Waals surface area (Å²) in [5, 5.41) is 0.996. The quantitative estimate of drug-likeness (QED) is 0.659. The lowest BCUT2D eigenvalue weighted by Crippen LogP contribution is -2.24. The van der Waals surface area contributed by atoms with Gasteiger partial charge in [-0.15, -0.1) is 11.3 Å². The van der Waals surface area contributed by atoms with E-state index in [0.29, 0.717) is 11.6 Å². The number of anilines is 1. The molecule has 0 saturated heterocycles. The molecule has 3 N–H and O–H groups in total. The van der Waals surface area contributed by atoms with Crippen LogP contribution in [0.25, 0.3) is 10.2 Å². The molecule has 5 nitrogen and oxygen atoms in total. The van der Waals surface area contributed by atoms with Crippen molar-refractivity contribution in [2.24, 2.45) is 5.84 Å². The van der Waals surface area contributed by atoms with E-state index in [-0.39, 0.29) is 0 Å². The third-order valence-corrected chi connectivity index (χ3v) is 4.32. The van der Waals surface area contributed by atoms with Crippen molar-refractivity contribution in [3.05, 3.63) is 16.3 Å². The number of nitrogens with one attached hydrogen (secondary N) is 1. The Morgan fingerprint density at radius 1 is 1.28 bits per heavy atom. The molecule has 2 aromatic rings. The van der Waals surface area contributed by atoms with E-state index in [1.165, 1.54) is 10.4 Å². The standard InChI is InChI=1S/C12H18N4OS/c1-6-7(2)18-10-8(6)9(16-13)14-11(15-10)12(3,4)17-5/h13H2,1-5H3,(H,14,15,16). The highest BCUT2D eigenvalue weighted by atomic mass is 32.1. The van der Waals surface area contributed by atoms with Crippen LogP contribution in [0.1, 0.15) is 30.1 Å². The normalized spacial score (nSPS) is 12.1. The maximum absolute atomic E-state index is 5.57. The van der Waals surface area contributed by atoms with Crippen molar-refractivity contribution in [3.8, 4) is 0 Å². The summed E-state index contributed by atoms with van der Waals surface area (Å²) in [6.45, 7) is 7.99. The summed E-state index contributed by atoms with van der Waals surface area (Å²) in [6, 6.07) is 0. The SMILES string of the molecule is COC(C)(C)c1nc(NN)c2c(C)c(C)sc2n1. The summed E-state index contributed by atoms with van der Waals surface area (Å²) in [5.41, 5.74) is 3.30. The van der Waals surface area contributed by atoms with Crippen molar-refractivity contribution in [2.75, 3.05) is 12.5 Å². The van der Waals surface area contributed by atoms with Crippen LogP contribution in [-0.2, 0) is 10.3 Å². The second-order valence-electron chi connectivity index (χ2n) is 4.72. The van der Waals surface area contributed by atoms with Gasteiger partial charge in [-0.3, -0.25) is 0 Å². The second kappa shape index (κ2) is 4.46. The van der Waals surface area contributed by atoms with Crippen molar-refractivity contribution in [2.45, 2.75) is 33.3 Å². The predicted octanol–water partition coefficient (Wildman–Crippen LogP) is 2.48. The number of methoxy groups -OCH3 is 1. The highest BCUT2D eigenvalue weighted by Crippen LogP contribution is 2.34. The molecule has 0 aromatic carbocycles. The highest BCUT2D eigenvalue weighted by molar-refractivity contribution is 7.18. The van der Waals surface area contributed by atoms with E-state index in [9.17, 15) is 0 Å². The number of ether oxygens (including phenoxy) is 1.